The van der Waals surface area contributed by atoms with Crippen LogP contribution in [0.4, 0.5) is 5.69 Å². The number of aryl methyl sites for hydroxylation is 2. The number of amides is 1. The molecule has 158 valence electrons. The summed E-state index contributed by atoms with van der Waals surface area (Å²) >= 11 is 6.22. The Morgan fingerprint density at radius 2 is 1.74 bits per heavy atom. The number of aromatic nitrogens is 3. The maximum absolute atomic E-state index is 12.8. The number of nitrogens with one attached hydrogen (secondary N) is 1. The predicted molar refractivity (Wildman–Crippen MR) is 124 cm³/mol. The van der Waals surface area contributed by atoms with Crippen molar-refractivity contribution < 1.29 is 9.53 Å². The summed E-state index contributed by atoms with van der Waals surface area (Å²) < 4.78 is 5.43. The van der Waals surface area contributed by atoms with Crippen molar-refractivity contribution in [3.05, 3.63) is 76.3 Å². The predicted octanol–water partition coefficient (Wildman–Crippen LogP) is 5.60. The number of hydrogen-bond acceptors (Lipinski definition) is 4. The van der Waals surface area contributed by atoms with Gasteiger partial charge in [-0.25, -0.2) is 0 Å². The summed E-state index contributed by atoms with van der Waals surface area (Å²) in [6, 6.07) is 16.9. The maximum Gasteiger partial charge on any atom is 0.255 e. The van der Waals surface area contributed by atoms with Gasteiger partial charge in [0.2, 0.25) is 0 Å². The summed E-state index contributed by atoms with van der Waals surface area (Å²) in [7, 11) is 0. The molecule has 7 heteroatoms. The van der Waals surface area contributed by atoms with Crippen molar-refractivity contribution in [2.75, 3.05) is 11.9 Å². The largest absolute Gasteiger partial charge is 0.492 e. The highest BCUT2D eigenvalue weighted by molar-refractivity contribution is 6.32. The molecule has 3 aromatic carbocycles. The second kappa shape index (κ2) is 8.78. The summed E-state index contributed by atoms with van der Waals surface area (Å²) in [5, 5.41) is 12.5. The van der Waals surface area contributed by atoms with Crippen LogP contribution >= 0.6 is 11.6 Å². The van der Waals surface area contributed by atoms with Crippen LogP contribution in [0.15, 0.2) is 54.6 Å². The lowest BCUT2D eigenvalue weighted by molar-refractivity contribution is 0.102. The number of rotatable bonds is 6. The standard InChI is InChI=1S/C24H23ClN4O2/c1-4-16-6-9-18(10-7-16)29-27-21-12-15(3)20(14-22(21)28-29)26-24(30)17-8-11-23(31-5-2)19(25)13-17/h6-14H,4-5H2,1-3H3,(H,26,30). The third-order valence-electron chi connectivity index (χ3n) is 5.04. The van der Waals surface area contributed by atoms with Gasteiger partial charge in [0.25, 0.3) is 5.91 Å². The number of carbonyl (C=O) groups is 1. The fraction of sp³-hybridized carbons (Fsp3) is 0.208. The van der Waals surface area contributed by atoms with Crippen molar-refractivity contribution in [3.63, 3.8) is 0 Å². The molecule has 1 N–H and O–H groups in total. The van der Waals surface area contributed by atoms with Crippen molar-refractivity contribution in [1.29, 1.82) is 0 Å². The molecule has 31 heavy (non-hydrogen) atoms. The summed E-state index contributed by atoms with van der Waals surface area (Å²) in [4.78, 5) is 14.4. The van der Waals surface area contributed by atoms with Gasteiger partial charge in [-0.05, 0) is 73.9 Å². The number of anilines is 1. The number of fused-ring (bicyclic) bond motifs is 1. The summed E-state index contributed by atoms with van der Waals surface area (Å²) in [6.07, 6.45) is 0.983. The molecule has 0 atom stereocenters. The Kier molecular flexibility index (Phi) is 5.91. The van der Waals surface area contributed by atoms with E-state index in [-0.39, 0.29) is 5.91 Å². The first-order chi connectivity index (χ1) is 15.0. The van der Waals surface area contributed by atoms with Crippen LogP contribution in [0.25, 0.3) is 16.7 Å². The molecule has 6 nitrogen and oxygen atoms in total. The minimum absolute atomic E-state index is 0.255. The van der Waals surface area contributed by atoms with Crippen molar-refractivity contribution >= 4 is 34.2 Å². The van der Waals surface area contributed by atoms with E-state index in [0.29, 0.717) is 34.1 Å². The Morgan fingerprint density at radius 3 is 2.39 bits per heavy atom. The van der Waals surface area contributed by atoms with Gasteiger partial charge in [0.05, 0.1) is 17.3 Å². The second-order valence-electron chi connectivity index (χ2n) is 7.20. The molecule has 1 heterocycles. The Labute approximate surface area is 185 Å². The first-order valence-electron chi connectivity index (χ1n) is 10.2. The van der Waals surface area contributed by atoms with Gasteiger partial charge in [0, 0.05) is 11.3 Å². The smallest absolute Gasteiger partial charge is 0.255 e. The Hall–Kier alpha value is -3.38. The van der Waals surface area contributed by atoms with Gasteiger partial charge in [-0.3, -0.25) is 4.79 Å². The van der Waals surface area contributed by atoms with Crippen molar-refractivity contribution in [2.24, 2.45) is 0 Å². The number of halogens is 1. The zero-order valence-electron chi connectivity index (χ0n) is 17.6. The van der Waals surface area contributed by atoms with E-state index in [1.165, 1.54) is 5.56 Å². The van der Waals surface area contributed by atoms with Crippen LogP contribution in [0.5, 0.6) is 5.75 Å². The lowest BCUT2D eigenvalue weighted by Crippen LogP contribution is -2.13. The summed E-state index contributed by atoms with van der Waals surface area (Å²) in [5.41, 5.74) is 5.63. The molecule has 1 amide bonds. The molecule has 0 saturated heterocycles. The molecular formula is C24H23ClN4O2. The van der Waals surface area contributed by atoms with Gasteiger partial charge in [-0.15, -0.1) is 10.2 Å². The number of carbonyl (C=O) groups excluding carboxylic acids is 1. The van der Waals surface area contributed by atoms with E-state index in [0.717, 1.165) is 23.2 Å². The average molecular weight is 435 g/mol. The number of ether oxygens (including phenoxy) is 1. The Morgan fingerprint density at radius 1 is 1.03 bits per heavy atom. The van der Waals surface area contributed by atoms with Crippen LogP contribution < -0.4 is 10.1 Å². The van der Waals surface area contributed by atoms with Crippen LogP contribution in [0.1, 0.15) is 35.3 Å². The van der Waals surface area contributed by atoms with Crippen LogP contribution in [0.3, 0.4) is 0 Å². The topological polar surface area (TPSA) is 69.0 Å². The molecule has 4 rings (SSSR count). The van der Waals surface area contributed by atoms with Gasteiger partial charge in [-0.1, -0.05) is 30.7 Å². The molecule has 0 fully saturated rings. The third kappa shape index (κ3) is 4.39. The van der Waals surface area contributed by atoms with Gasteiger partial charge in [0.15, 0.2) is 0 Å². The van der Waals surface area contributed by atoms with E-state index < -0.39 is 0 Å². The van der Waals surface area contributed by atoms with Crippen molar-refractivity contribution in [1.82, 2.24) is 15.0 Å². The molecule has 0 radical (unpaired) electrons. The number of benzene rings is 3. The molecule has 0 aliphatic carbocycles. The minimum Gasteiger partial charge on any atom is -0.492 e. The lowest BCUT2D eigenvalue weighted by Gasteiger charge is -2.10. The van der Waals surface area contributed by atoms with E-state index in [2.05, 4.69) is 34.6 Å². The van der Waals surface area contributed by atoms with Crippen molar-refractivity contribution in [2.45, 2.75) is 27.2 Å². The maximum atomic E-state index is 12.8. The van der Waals surface area contributed by atoms with Crippen LogP contribution in [-0.2, 0) is 6.42 Å². The van der Waals surface area contributed by atoms with E-state index in [1.807, 2.05) is 38.1 Å². The van der Waals surface area contributed by atoms with Gasteiger partial charge in [-0.2, -0.15) is 4.80 Å². The molecule has 0 aliphatic heterocycles. The van der Waals surface area contributed by atoms with Gasteiger partial charge in [0.1, 0.15) is 16.8 Å². The summed E-state index contributed by atoms with van der Waals surface area (Å²) in [6.45, 7) is 6.44. The second-order valence-corrected chi connectivity index (χ2v) is 7.60. The van der Waals surface area contributed by atoms with Crippen LogP contribution in [-0.4, -0.2) is 27.5 Å². The van der Waals surface area contributed by atoms with E-state index >= 15 is 0 Å². The van der Waals surface area contributed by atoms with E-state index in [9.17, 15) is 4.79 Å². The first kappa shape index (κ1) is 20.9. The highest BCUT2D eigenvalue weighted by Crippen LogP contribution is 2.27. The van der Waals surface area contributed by atoms with Crippen molar-refractivity contribution in [3.8, 4) is 11.4 Å². The SMILES string of the molecule is CCOc1ccc(C(=O)Nc2cc3nn(-c4ccc(CC)cc4)nc3cc2C)cc1Cl. The highest BCUT2D eigenvalue weighted by Gasteiger charge is 2.13. The fourth-order valence-corrected chi connectivity index (χ4v) is 3.53. The zero-order valence-corrected chi connectivity index (χ0v) is 18.4. The number of nitrogens with zero attached hydrogens (tertiary/aromatic N) is 3. The molecule has 0 spiro atoms. The van der Waals surface area contributed by atoms with Gasteiger partial charge >= 0.3 is 0 Å². The monoisotopic (exact) mass is 434 g/mol. The lowest BCUT2D eigenvalue weighted by atomic mass is 10.1. The molecular weight excluding hydrogens is 412 g/mol. The van der Waals surface area contributed by atoms with E-state index in [1.54, 1.807) is 23.0 Å². The minimum atomic E-state index is -0.255. The van der Waals surface area contributed by atoms with Gasteiger partial charge < -0.3 is 10.1 Å². The fourth-order valence-electron chi connectivity index (χ4n) is 3.29. The molecule has 0 saturated carbocycles. The molecule has 0 aliphatic rings. The Bertz CT molecular complexity index is 1250. The third-order valence-corrected chi connectivity index (χ3v) is 5.34. The average Bonchev–Trinajstić information content (AvgIpc) is 3.18. The zero-order chi connectivity index (χ0) is 22.0. The van der Waals surface area contributed by atoms with Crippen LogP contribution in [0.2, 0.25) is 5.02 Å². The molecule has 0 unspecified atom stereocenters. The summed E-state index contributed by atoms with van der Waals surface area (Å²) in [5.74, 6) is 0.303. The molecule has 4 aromatic rings. The normalized spacial score (nSPS) is 11.0. The number of hydrogen-bond donors (Lipinski definition) is 1. The first-order valence-corrected chi connectivity index (χ1v) is 10.6. The Balaban J connectivity index is 1.59. The quantitative estimate of drug-likeness (QED) is 0.429. The van der Waals surface area contributed by atoms with Crippen LogP contribution in [0, 0.1) is 6.92 Å². The molecule has 0 bridgehead atoms. The molecule has 1 aromatic heterocycles. The highest BCUT2D eigenvalue weighted by atomic mass is 35.5. The van der Waals surface area contributed by atoms with E-state index in [4.69, 9.17) is 16.3 Å².